The summed E-state index contributed by atoms with van der Waals surface area (Å²) in [6.45, 7) is 2.64. The van der Waals surface area contributed by atoms with E-state index in [1.165, 1.54) is 0 Å². The minimum atomic E-state index is -0.228. The van der Waals surface area contributed by atoms with Crippen molar-refractivity contribution in [3.05, 3.63) is 59.9 Å². The number of aromatic nitrogens is 2. The Morgan fingerprint density at radius 2 is 1.93 bits per heavy atom. The number of carbonyl (C=O) groups is 2. The van der Waals surface area contributed by atoms with Gasteiger partial charge in [0.25, 0.3) is 11.8 Å². The van der Waals surface area contributed by atoms with Crippen molar-refractivity contribution in [2.75, 3.05) is 19.7 Å². The summed E-state index contributed by atoms with van der Waals surface area (Å²) in [5.41, 5.74) is 3.22. The molecule has 1 heterocycles. The van der Waals surface area contributed by atoms with Gasteiger partial charge in [-0.15, -0.1) is 0 Å². The lowest BCUT2D eigenvalue weighted by Gasteiger charge is -2.11. The predicted octanol–water partition coefficient (Wildman–Crippen LogP) is 2.05. The summed E-state index contributed by atoms with van der Waals surface area (Å²) in [4.78, 5) is 31.1. The van der Waals surface area contributed by atoms with Crippen LogP contribution < -0.4 is 15.4 Å². The predicted molar refractivity (Wildman–Crippen MR) is 103 cm³/mol. The molecule has 3 N–H and O–H groups in total. The van der Waals surface area contributed by atoms with Crippen molar-refractivity contribution in [1.29, 1.82) is 0 Å². The molecule has 2 amide bonds. The molecule has 140 valence electrons. The number of rotatable bonds is 8. The smallest absolute Gasteiger partial charge is 0.258 e. The third kappa shape index (κ3) is 4.84. The zero-order valence-electron chi connectivity index (χ0n) is 15.1. The van der Waals surface area contributed by atoms with Crippen LogP contribution in [-0.4, -0.2) is 41.5 Å². The highest BCUT2D eigenvalue weighted by atomic mass is 16.5. The van der Waals surface area contributed by atoms with Crippen LogP contribution in [0.15, 0.2) is 48.8 Å². The number of hydrogen-bond donors (Lipinski definition) is 3. The minimum absolute atomic E-state index is 0.0541. The number of fused-ring (bicyclic) bond motifs is 1. The Kier molecular flexibility index (Phi) is 6.04. The van der Waals surface area contributed by atoms with Crippen molar-refractivity contribution in [3.8, 4) is 5.75 Å². The number of ether oxygens (including phenoxy) is 1. The fourth-order valence-corrected chi connectivity index (χ4v) is 2.69. The van der Waals surface area contributed by atoms with Crippen molar-refractivity contribution in [3.63, 3.8) is 0 Å². The number of imidazole rings is 1. The molecule has 7 nitrogen and oxygen atoms in total. The molecule has 2 aromatic carbocycles. The van der Waals surface area contributed by atoms with Gasteiger partial charge in [0.15, 0.2) is 6.61 Å². The van der Waals surface area contributed by atoms with E-state index in [-0.39, 0.29) is 18.4 Å². The number of hydrogen-bond acceptors (Lipinski definition) is 4. The fourth-order valence-electron chi connectivity index (χ4n) is 2.69. The summed E-state index contributed by atoms with van der Waals surface area (Å²) in [5.74, 6) is 0.292. The molecule has 0 unspecified atom stereocenters. The van der Waals surface area contributed by atoms with Gasteiger partial charge in [-0.3, -0.25) is 9.59 Å². The van der Waals surface area contributed by atoms with Crippen molar-refractivity contribution in [2.24, 2.45) is 0 Å². The Morgan fingerprint density at radius 1 is 1.11 bits per heavy atom. The number of aromatic amines is 1. The van der Waals surface area contributed by atoms with Crippen LogP contribution in [0.5, 0.6) is 5.75 Å². The molecule has 3 aromatic rings. The first kappa shape index (κ1) is 18.4. The summed E-state index contributed by atoms with van der Waals surface area (Å²) in [6.07, 6.45) is 2.43. The maximum Gasteiger partial charge on any atom is 0.258 e. The zero-order chi connectivity index (χ0) is 19.1. The van der Waals surface area contributed by atoms with Crippen LogP contribution in [-0.2, 0) is 11.2 Å². The molecule has 7 heteroatoms. The second-order valence-electron chi connectivity index (χ2n) is 5.99. The Bertz CT molecular complexity index is 936. The van der Waals surface area contributed by atoms with Gasteiger partial charge < -0.3 is 20.4 Å². The SMILES string of the molecule is CCc1ccccc1OCC(=O)NCCNC(=O)c1ccc2nc[nH]c2c1. The number of nitrogens with one attached hydrogen (secondary N) is 3. The molecule has 0 aliphatic carbocycles. The molecule has 0 saturated heterocycles. The number of carbonyl (C=O) groups excluding carboxylic acids is 2. The molecule has 0 fully saturated rings. The molecule has 0 atom stereocenters. The van der Waals surface area contributed by atoms with Crippen LogP contribution in [0, 0.1) is 0 Å². The average Bonchev–Trinajstić information content (AvgIpc) is 3.17. The number of para-hydroxylation sites is 1. The molecule has 0 aliphatic heterocycles. The second kappa shape index (κ2) is 8.84. The first-order valence-electron chi connectivity index (χ1n) is 8.86. The van der Waals surface area contributed by atoms with Gasteiger partial charge in [-0.25, -0.2) is 4.98 Å². The highest BCUT2D eigenvalue weighted by molar-refractivity contribution is 5.97. The molecule has 0 bridgehead atoms. The molecular formula is C20H22N4O3. The van der Waals surface area contributed by atoms with E-state index in [9.17, 15) is 9.59 Å². The van der Waals surface area contributed by atoms with E-state index in [0.29, 0.717) is 18.7 Å². The Morgan fingerprint density at radius 3 is 2.78 bits per heavy atom. The minimum Gasteiger partial charge on any atom is -0.483 e. The van der Waals surface area contributed by atoms with E-state index < -0.39 is 0 Å². The van der Waals surface area contributed by atoms with E-state index in [1.807, 2.05) is 31.2 Å². The number of H-pyrrole nitrogens is 1. The Balaban J connectivity index is 1.39. The summed E-state index contributed by atoms with van der Waals surface area (Å²) in [5, 5.41) is 5.50. The quantitative estimate of drug-likeness (QED) is 0.532. The van der Waals surface area contributed by atoms with Gasteiger partial charge in [0.1, 0.15) is 5.75 Å². The number of nitrogens with zero attached hydrogens (tertiary/aromatic N) is 1. The summed E-state index contributed by atoms with van der Waals surface area (Å²) in [7, 11) is 0. The standard InChI is InChI=1S/C20H22N4O3/c1-2-14-5-3-4-6-18(14)27-12-19(25)21-9-10-22-20(26)15-7-8-16-17(11-15)24-13-23-16/h3-8,11,13H,2,9-10,12H2,1H3,(H,21,25)(H,22,26)(H,23,24). The van der Waals surface area contributed by atoms with E-state index in [4.69, 9.17) is 4.74 Å². The second-order valence-corrected chi connectivity index (χ2v) is 5.99. The highest BCUT2D eigenvalue weighted by Gasteiger charge is 2.08. The van der Waals surface area contributed by atoms with Crippen molar-refractivity contribution in [1.82, 2.24) is 20.6 Å². The van der Waals surface area contributed by atoms with E-state index in [1.54, 1.807) is 24.5 Å². The molecule has 1 aromatic heterocycles. The lowest BCUT2D eigenvalue weighted by Crippen LogP contribution is -2.36. The van der Waals surface area contributed by atoms with E-state index in [0.717, 1.165) is 28.8 Å². The summed E-state index contributed by atoms with van der Waals surface area (Å²) in [6, 6.07) is 12.9. The largest absolute Gasteiger partial charge is 0.483 e. The summed E-state index contributed by atoms with van der Waals surface area (Å²) < 4.78 is 5.56. The van der Waals surface area contributed by atoms with Gasteiger partial charge in [-0.1, -0.05) is 25.1 Å². The van der Waals surface area contributed by atoms with Crippen LogP contribution in [0.3, 0.4) is 0 Å². The third-order valence-corrected chi connectivity index (χ3v) is 4.13. The first-order valence-corrected chi connectivity index (χ1v) is 8.86. The highest BCUT2D eigenvalue weighted by Crippen LogP contribution is 2.17. The van der Waals surface area contributed by atoms with Gasteiger partial charge in [0, 0.05) is 18.7 Å². The normalized spacial score (nSPS) is 10.6. The molecule has 0 aliphatic rings. The van der Waals surface area contributed by atoms with E-state index >= 15 is 0 Å². The van der Waals surface area contributed by atoms with Gasteiger partial charge in [0.05, 0.1) is 17.4 Å². The monoisotopic (exact) mass is 366 g/mol. The van der Waals surface area contributed by atoms with Gasteiger partial charge in [-0.2, -0.15) is 0 Å². The Hall–Kier alpha value is -3.35. The number of aryl methyl sites for hydroxylation is 1. The van der Waals surface area contributed by atoms with Crippen LogP contribution in [0.2, 0.25) is 0 Å². The lowest BCUT2D eigenvalue weighted by atomic mass is 10.1. The lowest BCUT2D eigenvalue weighted by molar-refractivity contribution is -0.123. The van der Waals surface area contributed by atoms with Crippen LogP contribution in [0.25, 0.3) is 11.0 Å². The molecular weight excluding hydrogens is 344 g/mol. The maximum absolute atomic E-state index is 12.2. The van der Waals surface area contributed by atoms with Crippen LogP contribution in [0.1, 0.15) is 22.8 Å². The topological polar surface area (TPSA) is 96.1 Å². The average molecular weight is 366 g/mol. The van der Waals surface area contributed by atoms with Crippen molar-refractivity contribution >= 4 is 22.8 Å². The molecule has 0 spiro atoms. The van der Waals surface area contributed by atoms with Crippen molar-refractivity contribution < 1.29 is 14.3 Å². The molecule has 0 radical (unpaired) electrons. The first-order chi connectivity index (χ1) is 13.2. The number of amides is 2. The Labute approximate surface area is 157 Å². The van der Waals surface area contributed by atoms with E-state index in [2.05, 4.69) is 20.6 Å². The zero-order valence-corrected chi connectivity index (χ0v) is 15.1. The fraction of sp³-hybridized carbons (Fsp3) is 0.250. The van der Waals surface area contributed by atoms with Crippen LogP contribution in [0.4, 0.5) is 0 Å². The van der Waals surface area contributed by atoms with Crippen molar-refractivity contribution in [2.45, 2.75) is 13.3 Å². The number of benzene rings is 2. The molecule has 27 heavy (non-hydrogen) atoms. The summed E-state index contributed by atoms with van der Waals surface area (Å²) >= 11 is 0. The molecule has 0 saturated carbocycles. The maximum atomic E-state index is 12.2. The van der Waals surface area contributed by atoms with Gasteiger partial charge in [-0.05, 0) is 36.2 Å². The molecule has 3 rings (SSSR count). The van der Waals surface area contributed by atoms with Gasteiger partial charge >= 0.3 is 0 Å². The van der Waals surface area contributed by atoms with Crippen LogP contribution >= 0.6 is 0 Å². The third-order valence-electron chi connectivity index (χ3n) is 4.13. The van der Waals surface area contributed by atoms with Gasteiger partial charge in [0.2, 0.25) is 0 Å².